The first-order chi connectivity index (χ1) is 11.2. The Hall–Kier alpha value is -1.82. The molecule has 1 aliphatic carbocycles. The van der Waals surface area contributed by atoms with E-state index in [0.717, 1.165) is 24.5 Å². The molecular weight excluding hydrogens is 310 g/mol. The van der Waals surface area contributed by atoms with E-state index in [9.17, 15) is 4.79 Å². The number of aryl methyl sites for hydroxylation is 1. The fourth-order valence-corrected chi connectivity index (χ4v) is 3.80. The highest BCUT2D eigenvalue weighted by atomic mass is 32.2. The molecule has 2 aliphatic rings. The predicted octanol–water partition coefficient (Wildman–Crippen LogP) is 3.29. The van der Waals surface area contributed by atoms with Crippen LogP contribution in [0.15, 0.2) is 28.8 Å². The molecule has 1 atom stereocenters. The maximum atomic E-state index is 12.6. The van der Waals surface area contributed by atoms with Crippen molar-refractivity contribution in [3.63, 3.8) is 0 Å². The van der Waals surface area contributed by atoms with Gasteiger partial charge >= 0.3 is 0 Å². The third kappa shape index (κ3) is 3.13. The first kappa shape index (κ1) is 14.8. The van der Waals surface area contributed by atoms with Gasteiger partial charge in [0, 0.05) is 18.2 Å². The summed E-state index contributed by atoms with van der Waals surface area (Å²) in [5.41, 5.74) is 2.19. The molecule has 2 aromatic rings. The standard InChI is InChI=1S/C17H19N3O2S/c1-11-2-6-13(7-3-11)20-9-8-14(17(20)21)23-10-15-18-16(19-22-15)12-4-5-12/h2-3,6-7,12,14H,4-5,8-10H2,1H3. The lowest BCUT2D eigenvalue weighted by Crippen LogP contribution is -2.28. The van der Waals surface area contributed by atoms with E-state index in [0.29, 0.717) is 17.6 Å². The molecule has 1 aromatic heterocycles. The number of nitrogens with zero attached hydrogens (tertiary/aromatic N) is 3. The summed E-state index contributed by atoms with van der Waals surface area (Å²) in [4.78, 5) is 18.9. The Bertz CT molecular complexity index is 709. The fraction of sp³-hybridized carbons (Fsp3) is 0.471. The normalized spacial score (nSPS) is 21.2. The predicted molar refractivity (Wildman–Crippen MR) is 89.5 cm³/mol. The number of carbonyl (C=O) groups is 1. The lowest BCUT2D eigenvalue weighted by atomic mass is 10.2. The molecule has 6 heteroatoms. The highest BCUT2D eigenvalue weighted by molar-refractivity contribution is 7.99. The number of hydrogen-bond acceptors (Lipinski definition) is 5. The quantitative estimate of drug-likeness (QED) is 0.842. The van der Waals surface area contributed by atoms with Crippen molar-refractivity contribution in [2.24, 2.45) is 0 Å². The van der Waals surface area contributed by atoms with Crippen molar-refractivity contribution in [2.45, 2.75) is 43.1 Å². The number of thioether (sulfide) groups is 1. The molecule has 1 amide bonds. The van der Waals surface area contributed by atoms with Crippen LogP contribution in [0.5, 0.6) is 0 Å². The lowest BCUT2D eigenvalue weighted by Gasteiger charge is -2.16. The van der Waals surface area contributed by atoms with E-state index >= 15 is 0 Å². The number of rotatable bonds is 5. The summed E-state index contributed by atoms with van der Waals surface area (Å²) in [7, 11) is 0. The van der Waals surface area contributed by atoms with Gasteiger partial charge in [-0.15, -0.1) is 11.8 Å². The zero-order chi connectivity index (χ0) is 15.8. The van der Waals surface area contributed by atoms with Crippen molar-refractivity contribution in [3.8, 4) is 0 Å². The Morgan fingerprint density at radius 1 is 1.26 bits per heavy atom. The molecule has 23 heavy (non-hydrogen) atoms. The average Bonchev–Trinajstić information content (AvgIpc) is 3.19. The molecule has 0 N–H and O–H groups in total. The minimum absolute atomic E-state index is 0.0208. The van der Waals surface area contributed by atoms with Crippen LogP contribution in [0.4, 0.5) is 5.69 Å². The highest BCUT2D eigenvalue weighted by Gasteiger charge is 2.33. The van der Waals surface area contributed by atoms with Gasteiger partial charge in [0.05, 0.1) is 11.0 Å². The van der Waals surface area contributed by atoms with Gasteiger partial charge in [0.25, 0.3) is 0 Å². The van der Waals surface area contributed by atoms with Gasteiger partial charge in [0.15, 0.2) is 5.82 Å². The van der Waals surface area contributed by atoms with Gasteiger partial charge in [-0.1, -0.05) is 22.9 Å². The molecule has 4 rings (SSSR count). The van der Waals surface area contributed by atoms with Crippen LogP contribution < -0.4 is 4.90 Å². The lowest BCUT2D eigenvalue weighted by molar-refractivity contribution is -0.116. The molecule has 1 saturated carbocycles. The number of aromatic nitrogens is 2. The SMILES string of the molecule is Cc1ccc(N2CCC(SCc3nc(C4CC4)no3)C2=O)cc1. The molecule has 0 radical (unpaired) electrons. The van der Waals surface area contributed by atoms with Crippen LogP contribution in [0, 0.1) is 6.92 Å². The van der Waals surface area contributed by atoms with Gasteiger partial charge in [-0.25, -0.2) is 0 Å². The third-order valence-corrected chi connectivity index (χ3v) is 5.59. The van der Waals surface area contributed by atoms with E-state index in [1.54, 1.807) is 11.8 Å². The van der Waals surface area contributed by atoms with Gasteiger partial charge in [-0.05, 0) is 38.3 Å². The van der Waals surface area contributed by atoms with E-state index in [1.807, 2.05) is 29.2 Å². The number of amides is 1. The summed E-state index contributed by atoms with van der Waals surface area (Å²) in [6.07, 6.45) is 3.19. The molecule has 0 spiro atoms. The van der Waals surface area contributed by atoms with Crippen molar-refractivity contribution >= 4 is 23.4 Å². The summed E-state index contributed by atoms with van der Waals surface area (Å²) in [6.45, 7) is 2.82. The van der Waals surface area contributed by atoms with E-state index in [4.69, 9.17) is 4.52 Å². The molecule has 0 bridgehead atoms. The molecule has 1 unspecified atom stereocenters. The van der Waals surface area contributed by atoms with Crippen LogP contribution in [-0.2, 0) is 10.5 Å². The van der Waals surface area contributed by atoms with Crippen molar-refractivity contribution in [3.05, 3.63) is 41.5 Å². The summed E-state index contributed by atoms with van der Waals surface area (Å²) in [5.74, 6) is 2.76. The second-order valence-corrected chi connectivity index (χ2v) is 7.43. The van der Waals surface area contributed by atoms with Crippen LogP contribution in [0.25, 0.3) is 0 Å². The van der Waals surface area contributed by atoms with Crippen molar-refractivity contribution < 1.29 is 9.32 Å². The Morgan fingerprint density at radius 2 is 2.04 bits per heavy atom. The van der Waals surface area contributed by atoms with Gasteiger partial charge in [-0.3, -0.25) is 4.79 Å². The summed E-state index contributed by atoms with van der Waals surface area (Å²) < 4.78 is 5.28. The summed E-state index contributed by atoms with van der Waals surface area (Å²) in [5, 5.41) is 4.00. The first-order valence-corrected chi connectivity index (χ1v) is 9.08. The Morgan fingerprint density at radius 3 is 2.78 bits per heavy atom. The zero-order valence-electron chi connectivity index (χ0n) is 13.1. The number of hydrogen-bond donors (Lipinski definition) is 0. The largest absolute Gasteiger partial charge is 0.338 e. The number of benzene rings is 1. The van der Waals surface area contributed by atoms with E-state index < -0.39 is 0 Å². The van der Waals surface area contributed by atoms with E-state index in [1.165, 1.54) is 18.4 Å². The Kier molecular flexibility index (Phi) is 3.85. The molecule has 120 valence electrons. The van der Waals surface area contributed by atoms with E-state index in [2.05, 4.69) is 17.1 Å². The van der Waals surface area contributed by atoms with Gasteiger partial charge in [-0.2, -0.15) is 4.98 Å². The molecule has 1 aromatic carbocycles. The van der Waals surface area contributed by atoms with Gasteiger partial charge in [0.2, 0.25) is 11.8 Å². The number of carbonyl (C=O) groups excluding carboxylic acids is 1. The van der Waals surface area contributed by atoms with Crippen LogP contribution in [0.3, 0.4) is 0 Å². The maximum absolute atomic E-state index is 12.6. The molecular formula is C17H19N3O2S. The minimum atomic E-state index is -0.0208. The fourth-order valence-electron chi connectivity index (χ4n) is 2.80. The second-order valence-electron chi connectivity index (χ2n) is 6.23. The van der Waals surface area contributed by atoms with Gasteiger partial charge < -0.3 is 9.42 Å². The Balaban J connectivity index is 1.36. The van der Waals surface area contributed by atoms with Crippen LogP contribution >= 0.6 is 11.8 Å². The number of anilines is 1. The van der Waals surface area contributed by atoms with Crippen molar-refractivity contribution in [1.82, 2.24) is 10.1 Å². The Labute approximate surface area is 139 Å². The van der Waals surface area contributed by atoms with Crippen molar-refractivity contribution in [1.29, 1.82) is 0 Å². The molecule has 2 heterocycles. The van der Waals surface area contributed by atoms with Crippen LogP contribution in [0.1, 0.15) is 42.5 Å². The monoisotopic (exact) mass is 329 g/mol. The molecule has 1 aliphatic heterocycles. The minimum Gasteiger partial charge on any atom is -0.338 e. The smallest absolute Gasteiger partial charge is 0.240 e. The zero-order valence-corrected chi connectivity index (χ0v) is 13.9. The first-order valence-electron chi connectivity index (χ1n) is 8.03. The maximum Gasteiger partial charge on any atom is 0.240 e. The summed E-state index contributed by atoms with van der Waals surface area (Å²) >= 11 is 1.60. The van der Waals surface area contributed by atoms with Crippen LogP contribution in [0.2, 0.25) is 0 Å². The highest BCUT2D eigenvalue weighted by Crippen LogP contribution is 2.38. The topological polar surface area (TPSA) is 59.2 Å². The van der Waals surface area contributed by atoms with Crippen molar-refractivity contribution in [2.75, 3.05) is 11.4 Å². The molecule has 1 saturated heterocycles. The van der Waals surface area contributed by atoms with E-state index in [-0.39, 0.29) is 11.2 Å². The summed E-state index contributed by atoms with van der Waals surface area (Å²) in [6, 6.07) is 8.11. The second kappa shape index (κ2) is 6.00. The third-order valence-electron chi connectivity index (χ3n) is 4.34. The average molecular weight is 329 g/mol. The molecule has 2 fully saturated rings. The van der Waals surface area contributed by atoms with Gasteiger partial charge in [0.1, 0.15) is 0 Å². The molecule has 5 nitrogen and oxygen atoms in total. The van der Waals surface area contributed by atoms with Crippen LogP contribution in [-0.4, -0.2) is 27.8 Å².